The molecule has 0 aliphatic heterocycles. The molecule has 110 valence electrons. The third kappa shape index (κ3) is 3.22. The number of fused-ring (bicyclic) bond motifs is 1. The summed E-state index contributed by atoms with van der Waals surface area (Å²) in [7, 11) is 4.07. The van der Waals surface area contributed by atoms with Crippen molar-refractivity contribution in [2.24, 2.45) is 0 Å². The molecule has 0 atom stereocenters. The second kappa shape index (κ2) is 6.23. The molecule has 8 heteroatoms. The third-order valence-electron chi connectivity index (χ3n) is 3.10. The van der Waals surface area contributed by atoms with Crippen LogP contribution in [0, 0.1) is 0 Å². The highest BCUT2D eigenvalue weighted by atomic mass is 32.2. The van der Waals surface area contributed by atoms with E-state index in [1.807, 2.05) is 49.4 Å². The highest BCUT2D eigenvalue weighted by Crippen LogP contribution is 2.20. The van der Waals surface area contributed by atoms with Crippen molar-refractivity contribution in [2.45, 2.75) is 17.5 Å². The highest BCUT2D eigenvalue weighted by Gasteiger charge is 2.09. The molecule has 0 bridgehead atoms. The minimum Gasteiger partial charge on any atom is -0.308 e. The number of hydrogen-bond acceptors (Lipinski definition) is 6. The lowest BCUT2D eigenvalue weighted by Gasteiger charge is -2.09. The van der Waals surface area contributed by atoms with Gasteiger partial charge in [-0.1, -0.05) is 17.8 Å². The van der Waals surface area contributed by atoms with Gasteiger partial charge in [0.1, 0.15) is 5.65 Å². The molecule has 21 heavy (non-hydrogen) atoms. The number of nitrogens with zero attached hydrogens (tertiary/aromatic N) is 7. The standard InChI is InChI=1S/C13H17N7S/c1-18(2)7-8-20-13(15-16-17-20)21-10-11-9-14-12-5-3-4-6-19(11)12/h3-6,9H,7-8,10H2,1-2H3. The van der Waals surface area contributed by atoms with Crippen molar-refractivity contribution in [1.29, 1.82) is 0 Å². The summed E-state index contributed by atoms with van der Waals surface area (Å²) in [6.45, 7) is 1.70. The zero-order valence-electron chi connectivity index (χ0n) is 12.0. The third-order valence-corrected chi connectivity index (χ3v) is 4.09. The van der Waals surface area contributed by atoms with Crippen LogP contribution in [-0.2, 0) is 12.3 Å². The van der Waals surface area contributed by atoms with Crippen LogP contribution in [0.2, 0.25) is 0 Å². The monoisotopic (exact) mass is 303 g/mol. The average molecular weight is 303 g/mol. The SMILES string of the molecule is CN(C)CCn1nnnc1SCc1cnc2ccccn12. The molecule has 0 amide bonds. The quantitative estimate of drug-likeness (QED) is 0.637. The molecule has 0 aromatic carbocycles. The fourth-order valence-electron chi connectivity index (χ4n) is 1.97. The van der Waals surface area contributed by atoms with Gasteiger partial charge in [-0.2, -0.15) is 0 Å². The Labute approximate surface area is 127 Å². The van der Waals surface area contributed by atoms with Gasteiger partial charge in [0, 0.05) is 18.5 Å². The Morgan fingerprint density at radius 3 is 3.05 bits per heavy atom. The van der Waals surface area contributed by atoms with Gasteiger partial charge in [-0.05, 0) is 36.7 Å². The Morgan fingerprint density at radius 2 is 2.19 bits per heavy atom. The second-order valence-corrected chi connectivity index (χ2v) is 5.90. The molecule has 7 nitrogen and oxygen atoms in total. The number of likely N-dealkylation sites (N-methyl/N-ethyl adjacent to an activating group) is 1. The van der Waals surface area contributed by atoms with E-state index in [1.165, 1.54) is 0 Å². The van der Waals surface area contributed by atoms with Crippen molar-refractivity contribution in [3.05, 3.63) is 36.3 Å². The zero-order valence-corrected chi connectivity index (χ0v) is 12.9. The summed E-state index contributed by atoms with van der Waals surface area (Å²) in [5.41, 5.74) is 2.10. The topological polar surface area (TPSA) is 64.1 Å². The van der Waals surface area contributed by atoms with E-state index in [2.05, 4.69) is 29.8 Å². The van der Waals surface area contributed by atoms with Gasteiger partial charge >= 0.3 is 0 Å². The Hall–Kier alpha value is -1.93. The van der Waals surface area contributed by atoms with Crippen molar-refractivity contribution in [2.75, 3.05) is 20.6 Å². The maximum atomic E-state index is 4.39. The molecule has 0 radical (unpaired) electrons. The minimum absolute atomic E-state index is 0.785. The van der Waals surface area contributed by atoms with Crippen LogP contribution in [0.5, 0.6) is 0 Å². The highest BCUT2D eigenvalue weighted by molar-refractivity contribution is 7.98. The first-order chi connectivity index (χ1) is 10.2. The predicted molar refractivity (Wildman–Crippen MR) is 81.1 cm³/mol. The molecule has 0 saturated heterocycles. The Morgan fingerprint density at radius 1 is 1.29 bits per heavy atom. The van der Waals surface area contributed by atoms with Crippen LogP contribution in [-0.4, -0.2) is 55.1 Å². The first-order valence-corrected chi connectivity index (χ1v) is 7.67. The van der Waals surface area contributed by atoms with Crippen LogP contribution in [0.4, 0.5) is 0 Å². The number of imidazole rings is 1. The Bertz CT molecular complexity index is 718. The number of rotatable bonds is 6. The molecule has 0 aliphatic rings. The van der Waals surface area contributed by atoms with Crippen molar-refractivity contribution in [3.8, 4) is 0 Å². The maximum Gasteiger partial charge on any atom is 0.209 e. The molecular weight excluding hydrogens is 286 g/mol. The van der Waals surface area contributed by atoms with Crippen molar-refractivity contribution in [3.63, 3.8) is 0 Å². The fraction of sp³-hybridized carbons (Fsp3) is 0.385. The van der Waals surface area contributed by atoms with Gasteiger partial charge in [0.25, 0.3) is 0 Å². The molecule has 3 aromatic rings. The smallest absolute Gasteiger partial charge is 0.209 e. The number of aromatic nitrogens is 6. The summed E-state index contributed by atoms with van der Waals surface area (Å²) >= 11 is 1.63. The number of pyridine rings is 1. The van der Waals surface area contributed by atoms with Crippen LogP contribution < -0.4 is 0 Å². The first-order valence-electron chi connectivity index (χ1n) is 6.69. The summed E-state index contributed by atoms with van der Waals surface area (Å²) in [6.07, 6.45) is 3.92. The van der Waals surface area contributed by atoms with E-state index in [0.717, 1.165) is 35.3 Å². The lowest BCUT2D eigenvalue weighted by Crippen LogP contribution is -2.19. The van der Waals surface area contributed by atoms with Crippen molar-refractivity contribution < 1.29 is 0 Å². The molecule has 0 N–H and O–H groups in total. The molecule has 0 unspecified atom stereocenters. The summed E-state index contributed by atoms with van der Waals surface area (Å²) in [6, 6.07) is 5.99. The molecule has 0 aliphatic carbocycles. The average Bonchev–Trinajstić information content (AvgIpc) is 3.09. The van der Waals surface area contributed by atoms with Gasteiger partial charge < -0.3 is 9.30 Å². The van der Waals surface area contributed by atoms with E-state index >= 15 is 0 Å². The van der Waals surface area contributed by atoms with Gasteiger partial charge in [-0.15, -0.1) is 5.10 Å². The van der Waals surface area contributed by atoms with E-state index in [0.29, 0.717) is 0 Å². The van der Waals surface area contributed by atoms with Crippen LogP contribution >= 0.6 is 11.8 Å². The lowest BCUT2D eigenvalue weighted by molar-refractivity contribution is 0.361. The maximum absolute atomic E-state index is 4.39. The number of hydrogen-bond donors (Lipinski definition) is 0. The van der Waals surface area contributed by atoms with Crippen molar-refractivity contribution in [1.82, 2.24) is 34.5 Å². The summed E-state index contributed by atoms with van der Waals surface area (Å²) in [5.74, 6) is 0.785. The van der Waals surface area contributed by atoms with Gasteiger partial charge in [-0.25, -0.2) is 9.67 Å². The van der Waals surface area contributed by atoms with Crippen LogP contribution in [0.3, 0.4) is 0 Å². The van der Waals surface area contributed by atoms with Gasteiger partial charge in [-0.3, -0.25) is 0 Å². The summed E-state index contributed by atoms with van der Waals surface area (Å²) in [5, 5.41) is 12.7. The molecule has 3 heterocycles. The Balaban J connectivity index is 1.69. The lowest BCUT2D eigenvalue weighted by atomic mass is 10.4. The number of tetrazole rings is 1. The molecule has 3 rings (SSSR count). The van der Waals surface area contributed by atoms with E-state index in [9.17, 15) is 0 Å². The van der Waals surface area contributed by atoms with E-state index in [4.69, 9.17) is 0 Å². The minimum atomic E-state index is 0.785. The van der Waals surface area contributed by atoms with Crippen molar-refractivity contribution >= 4 is 17.4 Å². The number of thioether (sulfide) groups is 1. The molecule has 0 saturated carbocycles. The van der Waals surface area contributed by atoms with Gasteiger partial charge in [0.15, 0.2) is 0 Å². The molecule has 3 aromatic heterocycles. The predicted octanol–water partition coefficient (Wildman–Crippen LogP) is 1.17. The summed E-state index contributed by atoms with van der Waals surface area (Å²) < 4.78 is 3.93. The molecule has 0 fully saturated rings. The van der Waals surface area contributed by atoms with Gasteiger partial charge in [0.2, 0.25) is 5.16 Å². The Kier molecular flexibility index (Phi) is 4.16. The van der Waals surface area contributed by atoms with Crippen LogP contribution in [0.1, 0.15) is 5.69 Å². The summed E-state index contributed by atoms with van der Waals surface area (Å²) in [4.78, 5) is 6.50. The molecule has 0 spiro atoms. The fourth-order valence-corrected chi connectivity index (χ4v) is 2.83. The second-order valence-electron chi connectivity index (χ2n) is 4.95. The normalized spacial score (nSPS) is 11.6. The van der Waals surface area contributed by atoms with E-state index in [-0.39, 0.29) is 0 Å². The van der Waals surface area contributed by atoms with Crippen LogP contribution in [0.25, 0.3) is 5.65 Å². The largest absolute Gasteiger partial charge is 0.308 e. The zero-order chi connectivity index (χ0) is 14.7. The molecular formula is C13H17N7S. The van der Waals surface area contributed by atoms with Crippen LogP contribution in [0.15, 0.2) is 35.7 Å². The first kappa shape index (κ1) is 14.0. The van der Waals surface area contributed by atoms with Gasteiger partial charge in [0.05, 0.1) is 18.4 Å². The van der Waals surface area contributed by atoms with E-state index in [1.54, 1.807) is 11.8 Å². The van der Waals surface area contributed by atoms with E-state index < -0.39 is 0 Å².